The quantitative estimate of drug-likeness (QED) is 0.549. The van der Waals surface area contributed by atoms with Crippen LogP contribution >= 0.6 is 0 Å². The lowest BCUT2D eigenvalue weighted by atomic mass is 10.2. The molecule has 0 bridgehead atoms. The van der Waals surface area contributed by atoms with E-state index < -0.39 is 22.1 Å². The number of amides is 3. The van der Waals surface area contributed by atoms with Gasteiger partial charge in [-0.25, -0.2) is 13.2 Å². The highest BCUT2D eigenvalue weighted by molar-refractivity contribution is 7.89. The van der Waals surface area contributed by atoms with E-state index in [2.05, 4.69) is 10.6 Å². The number of nitrogens with one attached hydrogen (secondary N) is 3. The van der Waals surface area contributed by atoms with Crippen LogP contribution in [0.1, 0.15) is 27.7 Å². The Morgan fingerprint density at radius 1 is 1.14 bits per heavy atom. The average Bonchev–Trinajstić information content (AvgIpc) is 2.67. The molecule has 1 aliphatic rings. The molecule has 0 spiro atoms. The van der Waals surface area contributed by atoms with Gasteiger partial charge < -0.3 is 15.0 Å². The Kier molecular flexibility index (Phi) is 8.00. The van der Waals surface area contributed by atoms with Crippen LogP contribution in [0.15, 0.2) is 29.2 Å². The van der Waals surface area contributed by atoms with Gasteiger partial charge >= 0.3 is 6.03 Å². The lowest BCUT2D eigenvalue weighted by molar-refractivity contribution is -0.917. The van der Waals surface area contributed by atoms with Crippen LogP contribution in [0, 0.1) is 0 Å². The summed E-state index contributed by atoms with van der Waals surface area (Å²) in [6.45, 7) is 9.32. The monoisotopic (exact) mass is 427 g/mol. The van der Waals surface area contributed by atoms with Crippen molar-refractivity contribution < 1.29 is 27.6 Å². The second-order valence-corrected chi connectivity index (χ2v) is 9.24. The van der Waals surface area contributed by atoms with E-state index in [4.69, 9.17) is 4.74 Å². The van der Waals surface area contributed by atoms with Crippen molar-refractivity contribution in [1.29, 1.82) is 0 Å². The molecule has 0 aromatic heterocycles. The molecule has 1 fully saturated rings. The maximum absolute atomic E-state index is 12.9. The first-order chi connectivity index (χ1) is 13.6. The van der Waals surface area contributed by atoms with Crippen molar-refractivity contribution in [3.05, 3.63) is 24.3 Å². The highest BCUT2D eigenvalue weighted by Gasteiger charge is 2.34. The van der Waals surface area contributed by atoms with Gasteiger partial charge in [-0.2, -0.15) is 4.31 Å². The van der Waals surface area contributed by atoms with Gasteiger partial charge in [-0.1, -0.05) is 0 Å². The molecule has 29 heavy (non-hydrogen) atoms. The summed E-state index contributed by atoms with van der Waals surface area (Å²) in [5, 5.41) is 4.95. The maximum atomic E-state index is 12.9. The van der Waals surface area contributed by atoms with E-state index >= 15 is 0 Å². The number of benzene rings is 1. The van der Waals surface area contributed by atoms with Gasteiger partial charge in [0, 0.05) is 6.04 Å². The summed E-state index contributed by atoms with van der Waals surface area (Å²) in [6.07, 6.45) is 0. The number of ether oxygens (including phenoxy) is 1. The van der Waals surface area contributed by atoms with Crippen molar-refractivity contribution >= 4 is 22.0 Å². The minimum absolute atomic E-state index is 0.0678. The second-order valence-electron chi connectivity index (χ2n) is 7.31. The van der Waals surface area contributed by atoms with Gasteiger partial charge in [0.25, 0.3) is 5.91 Å². The van der Waals surface area contributed by atoms with Crippen molar-refractivity contribution in [2.75, 3.05) is 32.8 Å². The molecular weight excluding hydrogens is 396 g/mol. The van der Waals surface area contributed by atoms with Crippen molar-refractivity contribution in [2.24, 2.45) is 0 Å². The predicted molar refractivity (Wildman–Crippen MR) is 108 cm³/mol. The predicted octanol–water partition coefficient (Wildman–Crippen LogP) is -0.403. The van der Waals surface area contributed by atoms with E-state index in [1.54, 1.807) is 31.2 Å². The Balaban J connectivity index is 1.93. The number of piperazine rings is 1. The topological polar surface area (TPSA) is 109 Å². The van der Waals surface area contributed by atoms with Crippen LogP contribution < -0.4 is 20.3 Å². The number of hydrogen-bond donors (Lipinski definition) is 3. The summed E-state index contributed by atoms with van der Waals surface area (Å²) >= 11 is 0. The molecule has 162 valence electrons. The first-order valence-electron chi connectivity index (χ1n) is 9.84. The molecule has 1 saturated heterocycles. The van der Waals surface area contributed by atoms with Gasteiger partial charge in [-0.3, -0.25) is 10.1 Å². The number of sulfonamides is 1. The third-order valence-corrected chi connectivity index (χ3v) is 6.71. The lowest BCUT2D eigenvalue weighted by Gasteiger charge is -2.34. The van der Waals surface area contributed by atoms with Crippen molar-refractivity contribution in [3.63, 3.8) is 0 Å². The number of urea groups is 1. The summed E-state index contributed by atoms with van der Waals surface area (Å²) in [7, 11) is -3.60. The molecule has 3 amide bonds. The lowest BCUT2D eigenvalue weighted by Crippen LogP contribution is -3.19. The Morgan fingerprint density at radius 2 is 1.72 bits per heavy atom. The minimum Gasteiger partial charge on any atom is -0.494 e. The number of quaternary nitrogens is 1. The zero-order valence-corrected chi connectivity index (χ0v) is 18.2. The number of rotatable bonds is 7. The summed E-state index contributed by atoms with van der Waals surface area (Å²) in [5.74, 6) is 0.253. The first-order valence-corrected chi connectivity index (χ1v) is 11.3. The van der Waals surface area contributed by atoms with Crippen molar-refractivity contribution in [1.82, 2.24) is 14.9 Å². The van der Waals surface area contributed by atoms with Crippen LogP contribution in [0.25, 0.3) is 0 Å². The minimum atomic E-state index is -3.60. The molecule has 1 aliphatic heterocycles. The van der Waals surface area contributed by atoms with Gasteiger partial charge in [-0.05, 0) is 52.0 Å². The molecule has 0 aliphatic carbocycles. The molecular formula is C19H31N4O5S+. The molecule has 1 atom stereocenters. The standard InChI is InChI=1S/C19H30N4O5S/c1-5-28-16-6-8-17(9-7-16)29(26,27)23-12-10-22(11-13-23)15(4)18(24)21-19(25)20-14(2)3/h6-9,14-15H,5,10-13H2,1-4H3,(H2,20,21,24,25)/p+1/t15-/m0/s1. The first kappa shape index (κ1) is 23.1. The van der Waals surface area contributed by atoms with E-state index in [9.17, 15) is 18.0 Å². The highest BCUT2D eigenvalue weighted by Crippen LogP contribution is 2.19. The Bertz CT molecular complexity index is 802. The Morgan fingerprint density at radius 3 is 2.24 bits per heavy atom. The maximum Gasteiger partial charge on any atom is 0.321 e. The number of carbonyl (C=O) groups is 2. The second kappa shape index (κ2) is 10.0. The van der Waals surface area contributed by atoms with Gasteiger partial charge in [0.2, 0.25) is 10.0 Å². The van der Waals surface area contributed by atoms with Crippen LogP contribution in [0.5, 0.6) is 5.75 Å². The zero-order chi connectivity index (χ0) is 21.6. The fourth-order valence-electron chi connectivity index (χ4n) is 3.17. The smallest absolute Gasteiger partial charge is 0.321 e. The molecule has 2 rings (SSSR count). The van der Waals surface area contributed by atoms with Crippen LogP contribution in [0.2, 0.25) is 0 Å². The third kappa shape index (κ3) is 6.15. The summed E-state index contributed by atoms with van der Waals surface area (Å²) in [5.41, 5.74) is 0. The molecule has 9 nitrogen and oxygen atoms in total. The summed E-state index contributed by atoms with van der Waals surface area (Å²) in [4.78, 5) is 25.2. The Hall–Kier alpha value is -2.17. The number of nitrogens with zero attached hydrogens (tertiary/aromatic N) is 1. The van der Waals surface area contributed by atoms with E-state index in [1.165, 1.54) is 4.31 Å². The third-order valence-electron chi connectivity index (χ3n) is 4.80. The van der Waals surface area contributed by atoms with E-state index in [0.29, 0.717) is 38.5 Å². The van der Waals surface area contributed by atoms with E-state index in [-0.39, 0.29) is 16.8 Å². The zero-order valence-electron chi connectivity index (χ0n) is 17.4. The highest BCUT2D eigenvalue weighted by atomic mass is 32.2. The molecule has 3 N–H and O–H groups in total. The van der Waals surface area contributed by atoms with Gasteiger partial charge in [0.15, 0.2) is 6.04 Å². The molecule has 10 heteroatoms. The molecule has 0 saturated carbocycles. The van der Waals surface area contributed by atoms with Crippen LogP contribution in [-0.2, 0) is 14.8 Å². The molecule has 1 aromatic carbocycles. The van der Waals surface area contributed by atoms with Crippen LogP contribution in [-0.4, -0.2) is 69.5 Å². The van der Waals surface area contributed by atoms with Crippen molar-refractivity contribution in [2.45, 2.75) is 44.7 Å². The van der Waals surface area contributed by atoms with Gasteiger partial charge in [0.05, 0.1) is 37.7 Å². The van der Waals surface area contributed by atoms with Gasteiger partial charge in [-0.15, -0.1) is 0 Å². The fraction of sp³-hybridized carbons (Fsp3) is 0.579. The summed E-state index contributed by atoms with van der Waals surface area (Å²) in [6, 6.07) is 5.34. The SMILES string of the molecule is CCOc1ccc(S(=O)(=O)N2CC[NH+]([C@@H](C)C(=O)NC(=O)NC(C)C)CC2)cc1. The van der Waals surface area contributed by atoms with Crippen LogP contribution in [0.4, 0.5) is 4.79 Å². The van der Waals surface area contributed by atoms with Crippen LogP contribution in [0.3, 0.4) is 0 Å². The number of hydrogen-bond acceptors (Lipinski definition) is 5. The molecule has 0 radical (unpaired) electrons. The number of imide groups is 1. The van der Waals surface area contributed by atoms with Gasteiger partial charge in [0.1, 0.15) is 5.75 Å². The molecule has 1 heterocycles. The summed E-state index contributed by atoms with van der Waals surface area (Å²) < 4.78 is 32.5. The molecule has 0 unspecified atom stereocenters. The van der Waals surface area contributed by atoms with Crippen molar-refractivity contribution in [3.8, 4) is 5.75 Å². The number of carbonyl (C=O) groups excluding carboxylic acids is 2. The van der Waals surface area contributed by atoms with E-state index in [0.717, 1.165) is 4.90 Å². The average molecular weight is 428 g/mol. The normalized spacial score (nSPS) is 17.0. The molecule has 1 aromatic rings. The Labute approximate surface area is 172 Å². The van der Waals surface area contributed by atoms with E-state index in [1.807, 2.05) is 20.8 Å². The largest absolute Gasteiger partial charge is 0.494 e. The fourth-order valence-corrected chi connectivity index (χ4v) is 4.62.